The summed E-state index contributed by atoms with van der Waals surface area (Å²) >= 11 is 0. The lowest BCUT2D eigenvalue weighted by Crippen LogP contribution is -2.62. The molecule has 28 heavy (non-hydrogen) atoms. The molecule has 0 saturated carbocycles. The number of hydrogen-bond acceptors (Lipinski definition) is 5. The Morgan fingerprint density at radius 1 is 1.21 bits per heavy atom. The van der Waals surface area contributed by atoms with Crippen molar-refractivity contribution in [3.63, 3.8) is 0 Å². The van der Waals surface area contributed by atoms with E-state index in [0.29, 0.717) is 18.0 Å². The quantitative estimate of drug-likeness (QED) is 0.748. The molecule has 3 aliphatic rings. The lowest BCUT2D eigenvalue weighted by atomic mass is 9.77. The summed E-state index contributed by atoms with van der Waals surface area (Å²) in [5.41, 5.74) is 0.938. The monoisotopic (exact) mass is 408 g/mol. The van der Waals surface area contributed by atoms with Gasteiger partial charge >= 0.3 is 0 Å². The minimum Gasteiger partial charge on any atom is -0.376 e. The summed E-state index contributed by atoms with van der Waals surface area (Å²) in [5.74, 6) is 0. The molecule has 0 aliphatic carbocycles. The van der Waals surface area contributed by atoms with Crippen LogP contribution in [0.3, 0.4) is 0 Å². The Morgan fingerprint density at radius 3 is 2.54 bits per heavy atom. The van der Waals surface area contributed by atoms with Gasteiger partial charge < -0.3 is 9.47 Å². The molecule has 0 radical (unpaired) electrons. The average molecular weight is 409 g/mol. The van der Waals surface area contributed by atoms with Crippen molar-refractivity contribution in [3.05, 3.63) is 29.8 Å². The van der Waals surface area contributed by atoms with Gasteiger partial charge in [-0.3, -0.25) is 4.90 Å². The average Bonchev–Trinajstić information content (AvgIpc) is 3.03. The Balaban J connectivity index is 1.33. The molecule has 1 atom stereocenters. The van der Waals surface area contributed by atoms with Crippen LogP contribution < -0.4 is 0 Å². The Bertz CT molecular complexity index is 811. The summed E-state index contributed by atoms with van der Waals surface area (Å²) in [6.07, 6.45) is 3.04. The molecule has 4 rings (SSSR count). The van der Waals surface area contributed by atoms with Gasteiger partial charge in [-0.05, 0) is 50.2 Å². The zero-order valence-electron chi connectivity index (χ0n) is 17.2. The maximum absolute atomic E-state index is 13.0. The van der Waals surface area contributed by atoms with Crippen molar-refractivity contribution in [2.45, 2.75) is 49.7 Å². The maximum Gasteiger partial charge on any atom is 0.243 e. The van der Waals surface area contributed by atoms with Crippen molar-refractivity contribution >= 4 is 10.0 Å². The van der Waals surface area contributed by atoms with Gasteiger partial charge in [0.25, 0.3) is 0 Å². The fraction of sp³-hybridized carbons (Fsp3) is 0.714. The van der Waals surface area contributed by atoms with Gasteiger partial charge in [-0.1, -0.05) is 18.2 Å². The zero-order valence-corrected chi connectivity index (χ0v) is 18.0. The number of methoxy groups -OCH3 is 1. The highest BCUT2D eigenvalue weighted by atomic mass is 32.2. The van der Waals surface area contributed by atoms with E-state index in [4.69, 9.17) is 9.47 Å². The second-order valence-electron chi connectivity index (χ2n) is 9.13. The van der Waals surface area contributed by atoms with Crippen LogP contribution in [0.2, 0.25) is 0 Å². The third-order valence-corrected chi connectivity index (χ3v) is 8.91. The van der Waals surface area contributed by atoms with E-state index in [1.54, 1.807) is 23.5 Å². The molecular formula is C21H32N2O4S. The van der Waals surface area contributed by atoms with Crippen molar-refractivity contribution in [2.24, 2.45) is 5.41 Å². The van der Waals surface area contributed by atoms with Crippen LogP contribution in [0.25, 0.3) is 0 Å². The van der Waals surface area contributed by atoms with Crippen LogP contribution in [-0.4, -0.2) is 75.8 Å². The first kappa shape index (κ1) is 20.3. The summed E-state index contributed by atoms with van der Waals surface area (Å²) in [5, 5.41) is 0. The van der Waals surface area contributed by atoms with E-state index in [9.17, 15) is 8.42 Å². The van der Waals surface area contributed by atoms with Crippen molar-refractivity contribution in [2.75, 3.05) is 46.4 Å². The van der Waals surface area contributed by atoms with Crippen molar-refractivity contribution < 1.29 is 17.9 Å². The second-order valence-corrected chi connectivity index (χ2v) is 11.0. The standard InChI is InChI=1S/C21H32N2O4S/c1-17-6-4-5-7-19(17)28(24,25)23-10-8-21(9-11-23)12-18(27-16-21)13-22-14-20(2,15-22)26-3/h4-7,18H,8-16H2,1-3H3/t18-/m0/s1. The first-order valence-electron chi connectivity index (χ1n) is 10.2. The maximum atomic E-state index is 13.0. The molecular weight excluding hydrogens is 376 g/mol. The lowest BCUT2D eigenvalue weighted by molar-refractivity contribution is -0.120. The molecule has 6 nitrogen and oxygen atoms in total. The van der Waals surface area contributed by atoms with E-state index in [2.05, 4.69) is 11.8 Å². The predicted molar refractivity (Wildman–Crippen MR) is 108 cm³/mol. The second kappa shape index (κ2) is 7.36. The molecule has 0 amide bonds. The van der Waals surface area contributed by atoms with Crippen molar-refractivity contribution in [1.29, 1.82) is 0 Å². The zero-order chi connectivity index (χ0) is 20.0. The largest absolute Gasteiger partial charge is 0.376 e. The van der Waals surface area contributed by atoms with E-state index in [1.165, 1.54) is 0 Å². The summed E-state index contributed by atoms with van der Waals surface area (Å²) in [6, 6.07) is 7.25. The Morgan fingerprint density at radius 2 is 1.89 bits per heavy atom. The fourth-order valence-corrected chi connectivity index (χ4v) is 6.66. The third-order valence-electron chi connectivity index (χ3n) is 6.85. The van der Waals surface area contributed by atoms with Crippen molar-refractivity contribution in [3.8, 4) is 0 Å². The predicted octanol–water partition coefficient (Wildman–Crippen LogP) is 2.28. The van der Waals surface area contributed by atoms with E-state index >= 15 is 0 Å². The van der Waals surface area contributed by atoms with Crippen LogP contribution in [0.15, 0.2) is 29.2 Å². The van der Waals surface area contributed by atoms with E-state index in [0.717, 1.165) is 51.1 Å². The molecule has 3 aliphatic heterocycles. The number of ether oxygens (including phenoxy) is 2. The lowest BCUT2D eigenvalue weighted by Gasteiger charge is -2.47. The molecule has 156 valence electrons. The Hall–Kier alpha value is -0.990. The minimum atomic E-state index is -3.41. The molecule has 1 spiro atoms. The Kier molecular flexibility index (Phi) is 5.33. The molecule has 7 heteroatoms. The normalized spacial score (nSPS) is 27.8. The van der Waals surface area contributed by atoms with Gasteiger partial charge in [-0.25, -0.2) is 8.42 Å². The van der Waals surface area contributed by atoms with Crippen molar-refractivity contribution in [1.82, 2.24) is 9.21 Å². The smallest absolute Gasteiger partial charge is 0.243 e. The van der Waals surface area contributed by atoms with E-state index in [-0.39, 0.29) is 17.1 Å². The number of benzene rings is 1. The molecule has 0 N–H and O–H groups in total. The van der Waals surface area contributed by atoms with Crippen LogP contribution >= 0.6 is 0 Å². The van der Waals surface area contributed by atoms with Gasteiger partial charge in [0.05, 0.1) is 23.2 Å². The topological polar surface area (TPSA) is 59.1 Å². The van der Waals surface area contributed by atoms with E-state index < -0.39 is 10.0 Å². The number of hydrogen-bond donors (Lipinski definition) is 0. The molecule has 1 aromatic carbocycles. The summed E-state index contributed by atoms with van der Waals surface area (Å²) < 4.78 is 39.4. The van der Waals surface area contributed by atoms with Gasteiger partial charge in [0.1, 0.15) is 0 Å². The number of nitrogens with zero attached hydrogens (tertiary/aromatic N) is 2. The highest BCUT2D eigenvalue weighted by molar-refractivity contribution is 7.89. The summed E-state index contributed by atoms with van der Waals surface area (Å²) in [6.45, 7) is 8.79. The van der Waals surface area contributed by atoms with Gasteiger partial charge in [0, 0.05) is 39.8 Å². The molecule has 0 aromatic heterocycles. The summed E-state index contributed by atoms with van der Waals surface area (Å²) in [7, 11) is -1.64. The van der Waals surface area contributed by atoms with Crippen LogP contribution in [0.4, 0.5) is 0 Å². The number of rotatable bonds is 5. The SMILES string of the molecule is COC1(C)CN(C[C@@H]2CC3(CCN(S(=O)(=O)c4ccccc4C)CC3)CO2)C1. The summed E-state index contributed by atoms with van der Waals surface area (Å²) in [4.78, 5) is 2.83. The van der Waals surface area contributed by atoms with Crippen LogP contribution in [0.1, 0.15) is 31.7 Å². The molecule has 3 saturated heterocycles. The van der Waals surface area contributed by atoms with Crippen LogP contribution in [-0.2, 0) is 19.5 Å². The van der Waals surface area contributed by atoms with Crippen LogP contribution in [0, 0.1) is 12.3 Å². The number of aryl methyl sites for hydroxylation is 1. The minimum absolute atomic E-state index is 0.00837. The van der Waals surface area contributed by atoms with Crippen LogP contribution in [0.5, 0.6) is 0 Å². The number of likely N-dealkylation sites (tertiary alicyclic amines) is 1. The molecule has 0 bridgehead atoms. The first-order valence-corrected chi connectivity index (χ1v) is 11.6. The molecule has 0 unspecified atom stereocenters. The van der Waals surface area contributed by atoms with Gasteiger partial charge in [-0.2, -0.15) is 4.31 Å². The highest BCUT2D eigenvalue weighted by Crippen LogP contribution is 2.43. The first-order chi connectivity index (χ1) is 13.3. The highest BCUT2D eigenvalue weighted by Gasteiger charge is 2.46. The van der Waals surface area contributed by atoms with Gasteiger partial charge in [0.15, 0.2) is 0 Å². The molecule has 3 heterocycles. The third kappa shape index (κ3) is 3.75. The van der Waals surface area contributed by atoms with Gasteiger partial charge in [0.2, 0.25) is 10.0 Å². The molecule has 1 aromatic rings. The number of sulfonamides is 1. The molecule has 3 fully saturated rings. The van der Waals surface area contributed by atoms with Gasteiger partial charge in [-0.15, -0.1) is 0 Å². The number of piperidine rings is 1. The Labute approximate surface area is 168 Å². The fourth-order valence-electron chi connectivity index (χ4n) is 4.99. The van der Waals surface area contributed by atoms with E-state index in [1.807, 2.05) is 19.1 Å².